The van der Waals surface area contributed by atoms with Crippen LogP contribution in [0, 0.1) is 0 Å². The molecule has 0 atom stereocenters. The number of primary amides is 1. The van der Waals surface area contributed by atoms with Crippen molar-refractivity contribution in [3.05, 3.63) is 15.3 Å². The van der Waals surface area contributed by atoms with Gasteiger partial charge in [0.15, 0.2) is 6.61 Å². The Hall–Kier alpha value is -1.27. The molecule has 0 radical (unpaired) electrons. The molecule has 2 heterocycles. The Kier molecular flexibility index (Phi) is 4.08. The second-order valence-corrected chi connectivity index (χ2v) is 5.67. The molecule has 0 unspecified atom stereocenters. The highest BCUT2D eigenvalue weighted by atomic mass is 35.5. The van der Waals surface area contributed by atoms with E-state index in [4.69, 9.17) is 22.1 Å². The lowest BCUT2D eigenvalue weighted by atomic mass is 10.4. The molecule has 0 bridgehead atoms. The van der Waals surface area contributed by atoms with E-state index in [0.29, 0.717) is 4.34 Å². The highest BCUT2D eigenvalue weighted by molar-refractivity contribution is 7.18. The third-order valence-corrected chi connectivity index (χ3v) is 3.96. The van der Waals surface area contributed by atoms with E-state index in [9.17, 15) is 9.59 Å². The van der Waals surface area contributed by atoms with Gasteiger partial charge in [0.2, 0.25) is 0 Å². The third-order valence-electron chi connectivity index (χ3n) is 2.70. The van der Waals surface area contributed by atoms with Crippen molar-refractivity contribution in [2.24, 2.45) is 5.73 Å². The molecule has 1 fully saturated rings. The molecule has 1 aliphatic rings. The molecule has 1 saturated heterocycles. The van der Waals surface area contributed by atoms with Crippen molar-refractivity contribution in [3.8, 4) is 5.75 Å². The van der Waals surface area contributed by atoms with Gasteiger partial charge >= 0.3 is 0 Å². The molecule has 2 amide bonds. The minimum absolute atomic E-state index is 0.0785. The van der Waals surface area contributed by atoms with Gasteiger partial charge in [0.05, 0.1) is 4.34 Å². The summed E-state index contributed by atoms with van der Waals surface area (Å²) in [4.78, 5) is 24.9. The summed E-state index contributed by atoms with van der Waals surface area (Å²) in [6, 6.07) is 1.50. The number of carbonyl (C=O) groups is 2. The standard InChI is InChI=1S/C11H13ClN2O3S/c12-8-5-7(10(18-8)11(13)16)17-6-9(15)14-3-1-2-4-14/h5H,1-4,6H2,(H2,13,16). The quantitative estimate of drug-likeness (QED) is 0.912. The number of halogens is 1. The predicted molar refractivity (Wildman–Crippen MR) is 69.2 cm³/mol. The van der Waals surface area contributed by atoms with Crippen molar-refractivity contribution >= 4 is 34.8 Å². The first-order chi connectivity index (χ1) is 8.58. The maximum absolute atomic E-state index is 11.8. The van der Waals surface area contributed by atoms with Crippen molar-refractivity contribution < 1.29 is 14.3 Å². The van der Waals surface area contributed by atoms with Crippen molar-refractivity contribution in [1.82, 2.24) is 4.90 Å². The Bertz CT molecular complexity index is 469. The molecule has 18 heavy (non-hydrogen) atoms. The van der Waals surface area contributed by atoms with Crippen LogP contribution in [0.4, 0.5) is 0 Å². The van der Waals surface area contributed by atoms with Gasteiger partial charge in [-0.1, -0.05) is 11.6 Å². The number of amides is 2. The fraction of sp³-hybridized carbons (Fsp3) is 0.455. The van der Waals surface area contributed by atoms with Gasteiger partial charge in [0.1, 0.15) is 10.6 Å². The lowest BCUT2D eigenvalue weighted by Gasteiger charge is -2.15. The number of carbonyl (C=O) groups excluding carboxylic acids is 2. The number of rotatable bonds is 4. The zero-order valence-electron chi connectivity index (χ0n) is 9.65. The van der Waals surface area contributed by atoms with Crippen LogP contribution < -0.4 is 10.5 Å². The summed E-state index contributed by atoms with van der Waals surface area (Å²) in [5.74, 6) is -0.397. The Morgan fingerprint density at radius 1 is 1.44 bits per heavy atom. The highest BCUT2D eigenvalue weighted by Gasteiger charge is 2.20. The summed E-state index contributed by atoms with van der Waals surface area (Å²) < 4.78 is 5.74. The first-order valence-electron chi connectivity index (χ1n) is 5.57. The summed E-state index contributed by atoms with van der Waals surface area (Å²) in [6.45, 7) is 1.46. The number of hydrogen-bond donors (Lipinski definition) is 1. The molecule has 1 aliphatic heterocycles. The smallest absolute Gasteiger partial charge is 0.262 e. The Balaban J connectivity index is 1.97. The van der Waals surface area contributed by atoms with Gasteiger partial charge < -0.3 is 15.4 Å². The minimum atomic E-state index is -0.601. The van der Waals surface area contributed by atoms with E-state index in [1.54, 1.807) is 4.90 Å². The average molecular weight is 289 g/mol. The van der Waals surface area contributed by atoms with E-state index in [-0.39, 0.29) is 23.1 Å². The first-order valence-corrected chi connectivity index (χ1v) is 6.77. The van der Waals surface area contributed by atoms with E-state index in [1.165, 1.54) is 6.07 Å². The molecule has 2 N–H and O–H groups in total. The third kappa shape index (κ3) is 2.94. The molecule has 0 aromatic carbocycles. The van der Waals surface area contributed by atoms with Crippen LogP contribution in [-0.2, 0) is 4.79 Å². The maximum Gasteiger partial charge on any atom is 0.262 e. The molecule has 0 aliphatic carbocycles. The normalized spacial score (nSPS) is 14.8. The number of nitrogens with zero attached hydrogens (tertiary/aromatic N) is 1. The van der Waals surface area contributed by atoms with E-state index < -0.39 is 5.91 Å². The van der Waals surface area contributed by atoms with Gasteiger partial charge in [-0.3, -0.25) is 9.59 Å². The van der Waals surface area contributed by atoms with Crippen molar-refractivity contribution in [2.75, 3.05) is 19.7 Å². The van der Waals surface area contributed by atoms with Gasteiger partial charge in [0, 0.05) is 19.2 Å². The predicted octanol–water partition coefficient (Wildman–Crippen LogP) is 1.50. The van der Waals surface area contributed by atoms with E-state index >= 15 is 0 Å². The number of likely N-dealkylation sites (tertiary alicyclic amines) is 1. The van der Waals surface area contributed by atoms with Gasteiger partial charge in [0.25, 0.3) is 11.8 Å². The Morgan fingerprint density at radius 2 is 2.11 bits per heavy atom. The molecular weight excluding hydrogens is 276 g/mol. The van der Waals surface area contributed by atoms with Crippen LogP contribution in [-0.4, -0.2) is 36.4 Å². The Morgan fingerprint density at radius 3 is 2.72 bits per heavy atom. The van der Waals surface area contributed by atoms with Gasteiger partial charge in [-0.2, -0.15) is 0 Å². The molecule has 7 heteroatoms. The second kappa shape index (κ2) is 5.58. The summed E-state index contributed by atoms with van der Waals surface area (Å²) in [5, 5.41) is 0. The molecule has 1 aromatic rings. The molecule has 2 rings (SSSR count). The average Bonchev–Trinajstić information content (AvgIpc) is 2.94. The van der Waals surface area contributed by atoms with E-state index in [0.717, 1.165) is 37.3 Å². The van der Waals surface area contributed by atoms with Gasteiger partial charge in [-0.25, -0.2) is 0 Å². The number of nitrogens with two attached hydrogens (primary N) is 1. The largest absolute Gasteiger partial charge is 0.482 e. The van der Waals surface area contributed by atoms with E-state index in [2.05, 4.69) is 0 Å². The van der Waals surface area contributed by atoms with E-state index in [1.807, 2.05) is 0 Å². The molecule has 5 nitrogen and oxygen atoms in total. The lowest BCUT2D eigenvalue weighted by molar-refractivity contribution is -0.132. The molecular formula is C11H13ClN2O3S. The topological polar surface area (TPSA) is 72.6 Å². The molecule has 0 saturated carbocycles. The number of hydrogen-bond acceptors (Lipinski definition) is 4. The summed E-state index contributed by atoms with van der Waals surface area (Å²) >= 11 is 6.83. The number of thiophene rings is 1. The molecule has 98 valence electrons. The second-order valence-electron chi connectivity index (χ2n) is 3.98. The van der Waals surface area contributed by atoms with Crippen molar-refractivity contribution in [2.45, 2.75) is 12.8 Å². The molecule has 1 aromatic heterocycles. The number of ether oxygens (including phenoxy) is 1. The van der Waals surface area contributed by atoms with Crippen LogP contribution in [0.5, 0.6) is 5.75 Å². The van der Waals surface area contributed by atoms with Gasteiger partial charge in [-0.05, 0) is 12.8 Å². The monoisotopic (exact) mass is 288 g/mol. The highest BCUT2D eigenvalue weighted by Crippen LogP contribution is 2.32. The van der Waals surface area contributed by atoms with Crippen LogP contribution >= 0.6 is 22.9 Å². The van der Waals surface area contributed by atoms with Crippen molar-refractivity contribution in [1.29, 1.82) is 0 Å². The van der Waals surface area contributed by atoms with Crippen LogP contribution in [0.2, 0.25) is 4.34 Å². The zero-order chi connectivity index (χ0) is 13.1. The SMILES string of the molecule is NC(=O)c1sc(Cl)cc1OCC(=O)N1CCCC1. The fourth-order valence-electron chi connectivity index (χ4n) is 1.82. The Labute approximate surface area is 113 Å². The molecule has 0 spiro atoms. The van der Waals surface area contributed by atoms with Crippen LogP contribution in [0.3, 0.4) is 0 Å². The van der Waals surface area contributed by atoms with Crippen molar-refractivity contribution in [3.63, 3.8) is 0 Å². The summed E-state index contributed by atoms with van der Waals surface area (Å²) in [5.41, 5.74) is 5.19. The van der Waals surface area contributed by atoms with Crippen LogP contribution in [0.15, 0.2) is 6.07 Å². The van der Waals surface area contributed by atoms with Crippen LogP contribution in [0.1, 0.15) is 22.5 Å². The van der Waals surface area contributed by atoms with Gasteiger partial charge in [-0.15, -0.1) is 11.3 Å². The van der Waals surface area contributed by atoms with Crippen LogP contribution in [0.25, 0.3) is 0 Å². The lowest BCUT2D eigenvalue weighted by Crippen LogP contribution is -2.32. The minimum Gasteiger partial charge on any atom is -0.482 e. The maximum atomic E-state index is 11.8. The summed E-state index contributed by atoms with van der Waals surface area (Å²) in [7, 11) is 0. The summed E-state index contributed by atoms with van der Waals surface area (Å²) in [6.07, 6.45) is 2.06. The zero-order valence-corrected chi connectivity index (χ0v) is 11.2. The fourth-order valence-corrected chi connectivity index (χ4v) is 2.83. The first kappa shape index (κ1) is 13.2.